The van der Waals surface area contributed by atoms with Crippen LogP contribution < -0.4 is 5.32 Å². The molecule has 0 aliphatic heterocycles. The van der Waals surface area contributed by atoms with Crippen molar-refractivity contribution in [2.45, 2.75) is 13.5 Å². The molecule has 0 radical (unpaired) electrons. The van der Waals surface area contributed by atoms with E-state index in [1.807, 2.05) is 11.3 Å². The highest BCUT2D eigenvalue weighted by molar-refractivity contribution is 7.13. The fourth-order valence-corrected chi connectivity index (χ4v) is 3.66. The van der Waals surface area contributed by atoms with Gasteiger partial charge in [0, 0.05) is 27.5 Å². The lowest BCUT2D eigenvalue weighted by atomic mass is 10.1. The summed E-state index contributed by atoms with van der Waals surface area (Å²) in [4.78, 5) is 2.71. The van der Waals surface area contributed by atoms with Gasteiger partial charge in [-0.1, -0.05) is 24.3 Å². The summed E-state index contributed by atoms with van der Waals surface area (Å²) in [6.07, 6.45) is 0. The van der Waals surface area contributed by atoms with E-state index in [1.54, 1.807) is 11.3 Å². The van der Waals surface area contributed by atoms with Gasteiger partial charge in [-0.2, -0.15) is 0 Å². The Hall–Kier alpha value is -1.58. The number of anilines is 1. The summed E-state index contributed by atoms with van der Waals surface area (Å²) < 4.78 is 0. The van der Waals surface area contributed by atoms with Crippen LogP contribution in [0.3, 0.4) is 0 Å². The van der Waals surface area contributed by atoms with E-state index < -0.39 is 0 Å². The summed E-state index contributed by atoms with van der Waals surface area (Å²) in [5.74, 6) is 0. The fourth-order valence-electron chi connectivity index (χ4n) is 2.04. The molecule has 3 rings (SSSR count). The third-order valence-corrected chi connectivity index (χ3v) is 5.05. The lowest BCUT2D eigenvalue weighted by Gasteiger charge is -2.10. The summed E-state index contributed by atoms with van der Waals surface area (Å²) in [6, 6.07) is 14.9. The van der Waals surface area contributed by atoms with Gasteiger partial charge in [0.25, 0.3) is 0 Å². The Morgan fingerprint density at radius 3 is 2.58 bits per heavy atom. The monoisotopic (exact) mass is 285 g/mol. The van der Waals surface area contributed by atoms with Crippen LogP contribution in [-0.2, 0) is 6.54 Å². The van der Waals surface area contributed by atoms with Crippen LogP contribution in [0, 0.1) is 6.92 Å². The molecule has 1 N–H and O–H groups in total. The predicted octanol–water partition coefficient (Wildman–Crippen LogP) is 5.40. The molecule has 1 aromatic carbocycles. The summed E-state index contributed by atoms with van der Waals surface area (Å²) >= 11 is 3.59. The summed E-state index contributed by atoms with van der Waals surface area (Å²) in [5.41, 5.74) is 3.86. The molecule has 19 heavy (non-hydrogen) atoms. The lowest BCUT2D eigenvalue weighted by molar-refractivity contribution is 1.17. The van der Waals surface area contributed by atoms with Crippen LogP contribution in [0.25, 0.3) is 10.4 Å². The highest BCUT2D eigenvalue weighted by Gasteiger charge is 2.06. The molecule has 1 nitrogen and oxygen atoms in total. The predicted molar refractivity (Wildman–Crippen MR) is 86.1 cm³/mol. The van der Waals surface area contributed by atoms with Gasteiger partial charge in [0.1, 0.15) is 0 Å². The smallest absolute Gasteiger partial charge is 0.0497 e. The van der Waals surface area contributed by atoms with Crippen molar-refractivity contribution in [3.05, 3.63) is 63.7 Å². The molecule has 3 heteroatoms. The van der Waals surface area contributed by atoms with Crippen LogP contribution in [0.4, 0.5) is 5.69 Å². The first-order valence-electron chi connectivity index (χ1n) is 6.24. The number of thiophene rings is 2. The Labute approximate surface area is 121 Å². The first kappa shape index (κ1) is 12.5. The quantitative estimate of drug-likeness (QED) is 0.677. The maximum Gasteiger partial charge on any atom is 0.0497 e. The minimum Gasteiger partial charge on any atom is -0.380 e. The van der Waals surface area contributed by atoms with E-state index in [9.17, 15) is 0 Å². The van der Waals surface area contributed by atoms with E-state index in [0.717, 1.165) is 6.54 Å². The van der Waals surface area contributed by atoms with Crippen LogP contribution in [0.2, 0.25) is 0 Å². The molecular weight excluding hydrogens is 270 g/mol. The molecule has 0 spiro atoms. The normalized spacial score (nSPS) is 10.6. The molecule has 0 amide bonds. The molecular formula is C16H15NS2. The van der Waals surface area contributed by atoms with Crippen LogP contribution in [-0.4, -0.2) is 0 Å². The molecule has 96 valence electrons. The number of rotatable bonds is 4. The fraction of sp³-hybridized carbons (Fsp3) is 0.125. The van der Waals surface area contributed by atoms with Crippen molar-refractivity contribution >= 4 is 28.4 Å². The number of nitrogens with one attached hydrogen (secondary N) is 1. The number of benzene rings is 1. The zero-order chi connectivity index (χ0) is 13.1. The molecule has 2 aromatic heterocycles. The largest absolute Gasteiger partial charge is 0.380 e. The third-order valence-electron chi connectivity index (χ3n) is 3.12. The summed E-state index contributed by atoms with van der Waals surface area (Å²) in [6.45, 7) is 3.06. The Balaban J connectivity index is 1.84. The van der Waals surface area contributed by atoms with Gasteiger partial charge in [-0.15, -0.1) is 22.7 Å². The minimum absolute atomic E-state index is 0.895. The Bertz CT molecular complexity index is 653. The van der Waals surface area contributed by atoms with Crippen molar-refractivity contribution in [2.24, 2.45) is 0 Å². The standard InChI is InChI=1S/C16H15NS2/c1-12-8-10-19-16(12)11-17-14-6-3-2-5-13(14)15-7-4-9-18-15/h2-10,17H,11H2,1H3. The van der Waals surface area contributed by atoms with Gasteiger partial charge in [-0.05, 0) is 41.4 Å². The third kappa shape index (κ3) is 2.72. The van der Waals surface area contributed by atoms with E-state index in [1.165, 1.54) is 26.6 Å². The Kier molecular flexibility index (Phi) is 3.67. The van der Waals surface area contributed by atoms with Crippen molar-refractivity contribution < 1.29 is 0 Å². The molecule has 0 bridgehead atoms. The van der Waals surface area contributed by atoms with E-state index >= 15 is 0 Å². The highest BCUT2D eigenvalue weighted by Crippen LogP contribution is 2.31. The van der Waals surface area contributed by atoms with Crippen LogP contribution in [0.5, 0.6) is 0 Å². The summed E-state index contributed by atoms with van der Waals surface area (Å²) in [5, 5.41) is 7.83. The van der Waals surface area contributed by atoms with Crippen molar-refractivity contribution in [1.29, 1.82) is 0 Å². The van der Waals surface area contributed by atoms with Gasteiger partial charge in [-0.3, -0.25) is 0 Å². The van der Waals surface area contributed by atoms with Gasteiger partial charge in [0.15, 0.2) is 0 Å². The number of hydrogen-bond acceptors (Lipinski definition) is 3. The van der Waals surface area contributed by atoms with Gasteiger partial charge in [0.2, 0.25) is 0 Å². The first-order valence-corrected chi connectivity index (χ1v) is 8.00. The van der Waals surface area contributed by atoms with Crippen molar-refractivity contribution in [2.75, 3.05) is 5.32 Å². The zero-order valence-electron chi connectivity index (χ0n) is 10.7. The number of para-hydroxylation sites is 1. The molecule has 3 aromatic rings. The zero-order valence-corrected chi connectivity index (χ0v) is 12.4. The van der Waals surface area contributed by atoms with E-state index in [2.05, 4.69) is 65.5 Å². The molecule has 0 atom stereocenters. The molecule has 2 heterocycles. The summed E-state index contributed by atoms with van der Waals surface area (Å²) in [7, 11) is 0. The van der Waals surface area contributed by atoms with Gasteiger partial charge >= 0.3 is 0 Å². The van der Waals surface area contributed by atoms with Crippen molar-refractivity contribution in [1.82, 2.24) is 0 Å². The first-order chi connectivity index (χ1) is 9.34. The van der Waals surface area contributed by atoms with Crippen LogP contribution in [0.15, 0.2) is 53.2 Å². The lowest BCUT2D eigenvalue weighted by Crippen LogP contribution is -1.99. The SMILES string of the molecule is Cc1ccsc1CNc1ccccc1-c1cccs1. The van der Waals surface area contributed by atoms with E-state index in [4.69, 9.17) is 0 Å². The van der Waals surface area contributed by atoms with Crippen molar-refractivity contribution in [3.63, 3.8) is 0 Å². The second-order valence-electron chi connectivity index (χ2n) is 4.40. The number of hydrogen-bond donors (Lipinski definition) is 1. The van der Waals surface area contributed by atoms with Crippen LogP contribution >= 0.6 is 22.7 Å². The Morgan fingerprint density at radius 1 is 0.947 bits per heavy atom. The molecule has 0 saturated heterocycles. The second kappa shape index (κ2) is 5.59. The average Bonchev–Trinajstić information content (AvgIpc) is 3.08. The Morgan fingerprint density at radius 2 is 1.84 bits per heavy atom. The molecule has 0 saturated carbocycles. The van der Waals surface area contributed by atoms with E-state index in [0.29, 0.717) is 0 Å². The molecule has 0 aliphatic carbocycles. The van der Waals surface area contributed by atoms with Crippen molar-refractivity contribution in [3.8, 4) is 10.4 Å². The minimum atomic E-state index is 0.895. The average molecular weight is 285 g/mol. The molecule has 0 aliphatic rings. The van der Waals surface area contributed by atoms with E-state index in [-0.39, 0.29) is 0 Å². The highest BCUT2D eigenvalue weighted by atomic mass is 32.1. The van der Waals surface area contributed by atoms with Gasteiger partial charge < -0.3 is 5.32 Å². The topological polar surface area (TPSA) is 12.0 Å². The second-order valence-corrected chi connectivity index (χ2v) is 6.35. The number of aryl methyl sites for hydroxylation is 1. The maximum absolute atomic E-state index is 3.56. The maximum atomic E-state index is 3.56. The molecule has 0 fully saturated rings. The van der Waals surface area contributed by atoms with Gasteiger partial charge in [0.05, 0.1) is 0 Å². The van der Waals surface area contributed by atoms with Crippen LogP contribution in [0.1, 0.15) is 10.4 Å². The van der Waals surface area contributed by atoms with Gasteiger partial charge in [-0.25, -0.2) is 0 Å². The molecule has 0 unspecified atom stereocenters.